The molecule has 0 unspecified atom stereocenters. The highest BCUT2D eigenvalue weighted by atomic mass is 35.5. The summed E-state index contributed by atoms with van der Waals surface area (Å²) < 4.78 is 13.3. The average Bonchev–Trinajstić information content (AvgIpc) is 2.93. The zero-order valence-corrected chi connectivity index (χ0v) is 13.2. The Bertz CT molecular complexity index is 586. The van der Waals surface area contributed by atoms with Crippen LogP contribution in [-0.4, -0.2) is 16.7 Å². The minimum Gasteiger partial charge on any atom is -0.493 e. The van der Waals surface area contributed by atoms with E-state index >= 15 is 0 Å². The summed E-state index contributed by atoms with van der Waals surface area (Å²) in [5, 5.41) is 0.576. The van der Waals surface area contributed by atoms with Gasteiger partial charge in [-0.3, -0.25) is 0 Å². The van der Waals surface area contributed by atoms with Crippen LogP contribution in [0.1, 0.15) is 31.1 Å². The smallest absolute Gasteiger partial charge is 0.166 e. The van der Waals surface area contributed by atoms with Crippen LogP contribution in [0.5, 0.6) is 11.5 Å². The summed E-state index contributed by atoms with van der Waals surface area (Å²) in [6.45, 7) is 4.91. The summed E-state index contributed by atoms with van der Waals surface area (Å²) in [5.74, 6) is 1.21. The fraction of sp³-hybridized carbons (Fsp3) is 0.400. The minimum atomic E-state index is 0.326. The van der Waals surface area contributed by atoms with Crippen LogP contribution in [0.15, 0.2) is 24.7 Å². The fourth-order valence-corrected chi connectivity index (χ4v) is 2.38. The maximum Gasteiger partial charge on any atom is 0.166 e. The Morgan fingerprint density at radius 2 is 2.14 bits per heavy atom. The number of nitrogens with zero attached hydrogens (tertiary/aromatic N) is 2. The number of nitrogens with two attached hydrogens (primary N) is 1. The molecule has 0 bridgehead atoms. The molecule has 0 aliphatic heterocycles. The van der Waals surface area contributed by atoms with E-state index in [4.69, 9.17) is 26.8 Å². The zero-order valence-electron chi connectivity index (χ0n) is 12.5. The normalized spacial score (nSPS) is 11.0. The van der Waals surface area contributed by atoms with Gasteiger partial charge in [0.05, 0.1) is 25.3 Å². The van der Waals surface area contributed by atoms with E-state index in [1.807, 2.05) is 0 Å². The van der Waals surface area contributed by atoms with Crippen molar-refractivity contribution in [1.29, 1.82) is 0 Å². The first kappa shape index (κ1) is 15.7. The van der Waals surface area contributed by atoms with Gasteiger partial charge in [0.15, 0.2) is 11.5 Å². The van der Waals surface area contributed by atoms with Crippen LogP contribution in [0, 0.1) is 0 Å². The molecule has 0 aliphatic carbocycles. The second-order valence-corrected chi connectivity index (χ2v) is 5.41. The van der Waals surface area contributed by atoms with Gasteiger partial charge in [-0.15, -0.1) is 0 Å². The Morgan fingerprint density at radius 3 is 2.76 bits per heavy atom. The van der Waals surface area contributed by atoms with Crippen molar-refractivity contribution in [3.05, 3.63) is 40.9 Å². The quantitative estimate of drug-likeness (QED) is 0.890. The Morgan fingerprint density at radius 1 is 1.38 bits per heavy atom. The molecule has 0 saturated carbocycles. The molecule has 0 atom stereocenters. The summed E-state index contributed by atoms with van der Waals surface area (Å²) in [7, 11) is 1.58. The topological polar surface area (TPSA) is 62.3 Å². The number of ether oxygens (including phenoxy) is 2. The maximum atomic E-state index is 6.04. The van der Waals surface area contributed by atoms with Crippen molar-refractivity contribution in [3.8, 4) is 11.5 Å². The lowest BCUT2D eigenvalue weighted by atomic mass is 10.2. The van der Waals surface area contributed by atoms with Gasteiger partial charge in [0.2, 0.25) is 0 Å². The highest BCUT2D eigenvalue weighted by Gasteiger charge is 2.14. The molecule has 114 valence electrons. The van der Waals surface area contributed by atoms with Gasteiger partial charge in [0.1, 0.15) is 6.61 Å². The summed E-state index contributed by atoms with van der Waals surface area (Å²) >= 11 is 6.04. The van der Waals surface area contributed by atoms with Crippen LogP contribution >= 0.6 is 11.6 Å². The third-order valence-corrected chi connectivity index (χ3v) is 3.42. The van der Waals surface area contributed by atoms with Crippen LogP contribution in [-0.2, 0) is 13.2 Å². The maximum absolute atomic E-state index is 6.04. The molecule has 0 amide bonds. The van der Waals surface area contributed by atoms with E-state index in [0.717, 1.165) is 11.3 Å². The number of aromatic nitrogens is 2. The second kappa shape index (κ2) is 6.83. The van der Waals surface area contributed by atoms with E-state index in [0.29, 0.717) is 35.7 Å². The SMILES string of the molecule is COc1cc(Cl)cc(CN)c1OCc1cncn1C(C)C. The van der Waals surface area contributed by atoms with Gasteiger partial charge in [-0.05, 0) is 19.9 Å². The van der Waals surface area contributed by atoms with Crippen molar-refractivity contribution >= 4 is 11.6 Å². The van der Waals surface area contributed by atoms with Gasteiger partial charge >= 0.3 is 0 Å². The van der Waals surface area contributed by atoms with Crippen LogP contribution in [0.25, 0.3) is 0 Å². The monoisotopic (exact) mass is 309 g/mol. The lowest BCUT2D eigenvalue weighted by Gasteiger charge is -2.16. The van der Waals surface area contributed by atoms with Crippen LogP contribution in [0.2, 0.25) is 5.02 Å². The molecule has 6 heteroatoms. The molecule has 0 radical (unpaired) electrons. The highest BCUT2D eigenvalue weighted by Crippen LogP contribution is 2.35. The molecule has 2 N–H and O–H groups in total. The number of benzene rings is 1. The van der Waals surface area contributed by atoms with E-state index in [1.165, 1.54) is 0 Å². The third-order valence-electron chi connectivity index (χ3n) is 3.20. The lowest BCUT2D eigenvalue weighted by molar-refractivity contribution is 0.271. The predicted octanol–water partition coefficient (Wildman–Crippen LogP) is 3.16. The van der Waals surface area contributed by atoms with Gasteiger partial charge in [0.25, 0.3) is 0 Å². The first-order chi connectivity index (χ1) is 10.1. The fourth-order valence-electron chi connectivity index (χ4n) is 2.14. The molecule has 5 nitrogen and oxygen atoms in total. The number of hydrogen-bond acceptors (Lipinski definition) is 4. The van der Waals surface area contributed by atoms with Crippen molar-refractivity contribution in [2.24, 2.45) is 5.73 Å². The van der Waals surface area contributed by atoms with Gasteiger partial charge < -0.3 is 19.8 Å². The molecule has 2 aromatic rings. The molecular weight excluding hydrogens is 290 g/mol. The number of hydrogen-bond donors (Lipinski definition) is 1. The third kappa shape index (κ3) is 3.49. The number of rotatable bonds is 6. The Labute approximate surface area is 129 Å². The van der Waals surface area contributed by atoms with E-state index in [1.54, 1.807) is 31.8 Å². The predicted molar refractivity (Wildman–Crippen MR) is 82.8 cm³/mol. The van der Waals surface area contributed by atoms with Gasteiger partial charge in [0, 0.05) is 29.2 Å². The van der Waals surface area contributed by atoms with Crippen molar-refractivity contribution < 1.29 is 9.47 Å². The van der Waals surface area contributed by atoms with Crippen LogP contribution in [0.4, 0.5) is 0 Å². The van der Waals surface area contributed by atoms with E-state index in [-0.39, 0.29) is 0 Å². The summed E-state index contributed by atoms with van der Waals surface area (Å²) in [5.41, 5.74) is 7.56. The molecule has 1 aromatic heterocycles. The number of halogens is 1. The van der Waals surface area contributed by atoms with Crippen molar-refractivity contribution in [2.75, 3.05) is 7.11 Å². The Balaban J connectivity index is 2.25. The minimum absolute atomic E-state index is 0.326. The summed E-state index contributed by atoms with van der Waals surface area (Å²) in [6.07, 6.45) is 3.59. The summed E-state index contributed by atoms with van der Waals surface area (Å²) in [4.78, 5) is 4.16. The first-order valence-corrected chi connectivity index (χ1v) is 7.14. The van der Waals surface area contributed by atoms with E-state index in [9.17, 15) is 0 Å². The lowest BCUT2D eigenvalue weighted by Crippen LogP contribution is -2.09. The molecular formula is C15H20ClN3O2. The largest absolute Gasteiger partial charge is 0.493 e. The van der Waals surface area contributed by atoms with Gasteiger partial charge in [-0.1, -0.05) is 11.6 Å². The average molecular weight is 310 g/mol. The van der Waals surface area contributed by atoms with E-state index < -0.39 is 0 Å². The zero-order chi connectivity index (χ0) is 15.4. The molecule has 1 aromatic carbocycles. The Kier molecular flexibility index (Phi) is 5.09. The molecule has 0 saturated heterocycles. The number of imidazole rings is 1. The van der Waals surface area contributed by atoms with Crippen LogP contribution in [0.3, 0.4) is 0 Å². The highest BCUT2D eigenvalue weighted by molar-refractivity contribution is 6.30. The summed E-state index contributed by atoms with van der Waals surface area (Å²) in [6, 6.07) is 3.83. The Hall–Kier alpha value is -1.72. The number of methoxy groups -OCH3 is 1. The molecule has 21 heavy (non-hydrogen) atoms. The van der Waals surface area contributed by atoms with Gasteiger partial charge in [-0.25, -0.2) is 4.98 Å². The van der Waals surface area contributed by atoms with Crippen molar-refractivity contribution in [3.63, 3.8) is 0 Å². The molecule has 0 fully saturated rings. The standard InChI is InChI=1S/C15H20ClN3O2/c1-10(2)19-9-18-7-13(19)8-21-15-11(6-17)4-12(16)5-14(15)20-3/h4-5,7,9-10H,6,8,17H2,1-3H3. The second-order valence-electron chi connectivity index (χ2n) is 4.98. The first-order valence-electron chi connectivity index (χ1n) is 6.76. The van der Waals surface area contributed by atoms with E-state index in [2.05, 4.69) is 23.4 Å². The van der Waals surface area contributed by atoms with Crippen LogP contribution < -0.4 is 15.2 Å². The van der Waals surface area contributed by atoms with Crippen molar-refractivity contribution in [1.82, 2.24) is 9.55 Å². The molecule has 2 rings (SSSR count). The molecule has 1 heterocycles. The molecule has 0 spiro atoms. The van der Waals surface area contributed by atoms with Gasteiger partial charge in [-0.2, -0.15) is 0 Å². The van der Waals surface area contributed by atoms with Crippen molar-refractivity contribution in [2.45, 2.75) is 33.0 Å². The molecule has 0 aliphatic rings.